The van der Waals surface area contributed by atoms with Gasteiger partial charge in [0.25, 0.3) is 0 Å². The first-order valence-electron chi connectivity index (χ1n) is 11.9. The average Bonchev–Trinajstić information content (AvgIpc) is 3.35. The number of aromatic carboxylic acids is 1. The Kier molecular flexibility index (Phi) is 7.92. The fourth-order valence-corrected chi connectivity index (χ4v) is 4.14. The molecular formula is C28H29N3O6. The molecule has 0 bridgehead atoms. The molecule has 9 heteroatoms. The lowest BCUT2D eigenvalue weighted by Crippen LogP contribution is -2.32. The molecule has 1 aliphatic rings. The van der Waals surface area contributed by atoms with Crippen LogP contribution >= 0.6 is 0 Å². The minimum absolute atomic E-state index is 0.0348. The van der Waals surface area contributed by atoms with Crippen LogP contribution in [0.3, 0.4) is 0 Å². The zero-order chi connectivity index (χ0) is 26.4. The van der Waals surface area contributed by atoms with Gasteiger partial charge < -0.3 is 30.1 Å². The van der Waals surface area contributed by atoms with Crippen molar-refractivity contribution in [1.29, 1.82) is 0 Å². The van der Waals surface area contributed by atoms with Crippen LogP contribution in [0.25, 0.3) is 0 Å². The van der Waals surface area contributed by atoms with Gasteiger partial charge in [-0.05, 0) is 60.5 Å². The molecule has 9 nitrogen and oxygen atoms in total. The van der Waals surface area contributed by atoms with Crippen LogP contribution in [-0.4, -0.2) is 54.2 Å². The Bertz CT molecular complexity index is 1290. The lowest BCUT2D eigenvalue weighted by atomic mass is 10.1. The van der Waals surface area contributed by atoms with Gasteiger partial charge in [-0.1, -0.05) is 24.3 Å². The van der Waals surface area contributed by atoms with Gasteiger partial charge in [0, 0.05) is 18.7 Å². The normalized spacial score (nSPS) is 14.6. The van der Waals surface area contributed by atoms with Crippen LogP contribution < -0.4 is 20.1 Å². The van der Waals surface area contributed by atoms with Gasteiger partial charge in [-0.25, -0.2) is 9.59 Å². The minimum atomic E-state index is -0.991. The van der Waals surface area contributed by atoms with Crippen molar-refractivity contribution >= 4 is 29.3 Å². The third-order valence-electron chi connectivity index (χ3n) is 6.16. The number of methoxy groups -OCH3 is 1. The summed E-state index contributed by atoms with van der Waals surface area (Å²) in [5, 5.41) is 14.6. The van der Waals surface area contributed by atoms with Crippen LogP contribution in [0.1, 0.15) is 27.9 Å². The highest BCUT2D eigenvalue weighted by atomic mass is 16.5. The molecule has 37 heavy (non-hydrogen) atoms. The zero-order valence-corrected chi connectivity index (χ0v) is 20.7. The number of rotatable bonds is 8. The molecule has 1 aliphatic heterocycles. The van der Waals surface area contributed by atoms with E-state index in [0.29, 0.717) is 42.4 Å². The highest BCUT2D eigenvalue weighted by Crippen LogP contribution is 2.27. The largest absolute Gasteiger partial charge is 0.495 e. The molecule has 0 unspecified atom stereocenters. The fourth-order valence-electron chi connectivity index (χ4n) is 4.14. The van der Waals surface area contributed by atoms with Gasteiger partial charge in [0.05, 0.1) is 31.3 Å². The predicted molar refractivity (Wildman–Crippen MR) is 140 cm³/mol. The van der Waals surface area contributed by atoms with Crippen molar-refractivity contribution in [3.8, 4) is 11.5 Å². The van der Waals surface area contributed by atoms with E-state index in [0.717, 1.165) is 11.1 Å². The number of amides is 3. The molecule has 1 heterocycles. The molecule has 1 fully saturated rings. The zero-order valence-electron chi connectivity index (χ0n) is 20.7. The number of nitrogens with zero attached hydrogens (tertiary/aromatic N) is 1. The Morgan fingerprint density at radius 1 is 1.00 bits per heavy atom. The molecule has 1 atom stereocenters. The summed E-state index contributed by atoms with van der Waals surface area (Å²) < 4.78 is 11.4. The van der Waals surface area contributed by atoms with E-state index < -0.39 is 12.0 Å². The van der Waals surface area contributed by atoms with E-state index >= 15 is 0 Å². The maximum absolute atomic E-state index is 12.9. The van der Waals surface area contributed by atoms with Crippen LogP contribution in [0, 0.1) is 6.92 Å². The molecule has 0 aliphatic carbocycles. The van der Waals surface area contributed by atoms with E-state index in [1.54, 1.807) is 35.2 Å². The molecule has 4 rings (SSSR count). The molecule has 3 amide bonds. The maximum atomic E-state index is 12.9. The van der Waals surface area contributed by atoms with Gasteiger partial charge in [-0.2, -0.15) is 0 Å². The fraction of sp³-hybridized carbons (Fsp3) is 0.250. The molecule has 192 valence electrons. The van der Waals surface area contributed by atoms with Gasteiger partial charge >= 0.3 is 12.0 Å². The molecule has 0 aromatic heterocycles. The Morgan fingerprint density at radius 3 is 2.43 bits per heavy atom. The number of ether oxygens (including phenoxy) is 2. The van der Waals surface area contributed by atoms with Gasteiger partial charge in [0.15, 0.2) is 0 Å². The summed E-state index contributed by atoms with van der Waals surface area (Å²) in [5.41, 5.74) is 3.11. The van der Waals surface area contributed by atoms with Crippen molar-refractivity contribution in [3.63, 3.8) is 0 Å². The Morgan fingerprint density at radius 2 is 1.73 bits per heavy atom. The molecule has 3 N–H and O–H groups in total. The van der Waals surface area contributed by atoms with E-state index in [4.69, 9.17) is 14.6 Å². The predicted octanol–water partition coefficient (Wildman–Crippen LogP) is 4.57. The van der Waals surface area contributed by atoms with Crippen molar-refractivity contribution in [2.24, 2.45) is 0 Å². The first-order valence-corrected chi connectivity index (χ1v) is 11.9. The number of benzene rings is 3. The highest BCUT2D eigenvalue weighted by molar-refractivity contribution is 6.01. The number of carboxylic acids is 1. The van der Waals surface area contributed by atoms with Crippen molar-refractivity contribution in [2.75, 3.05) is 30.8 Å². The molecule has 0 radical (unpaired) electrons. The minimum Gasteiger partial charge on any atom is -0.495 e. The van der Waals surface area contributed by atoms with Gasteiger partial charge in [-0.15, -0.1) is 0 Å². The van der Waals surface area contributed by atoms with Crippen LogP contribution in [-0.2, 0) is 11.2 Å². The van der Waals surface area contributed by atoms with E-state index in [-0.39, 0.29) is 24.0 Å². The quantitative estimate of drug-likeness (QED) is 0.415. The summed E-state index contributed by atoms with van der Waals surface area (Å²) in [6.07, 6.45) is 0.716. The van der Waals surface area contributed by atoms with Gasteiger partial charge in [-0.3, -0.25) is 4.79 Å². The number of hydrogen-bond acceptors (Lipinski definition) is 5. The van der Waals surface area contributed by atoms with E-state index in [1.165, 1.54) is 19.2 Å². The monoisotopic (exact) mass is 503 g/mol. The van der Waals surface area contributed by atoms with Crippen LogP contribution in [0.5, 0.6) is 11.5 Å². The summed E-state index contributed by atoms with van der Waals surface area (Å²) in [6, 6.07) is 18.6. The second kappa shape index (κ2) is 11.5. The summed E-state index contributed by atoms with van der Waals surface area (Å²) in [6.45, 7) is 2.94. The number of anilines is 2. The molecule has 0 saturated carbocycles. The van der Waals surface area contributed by atoms with E-state index in [1.807, 2.05) is 31.2 Å². The molecule has 1 saturated heterocycles. The number of urea groups is 1. The van der Waals surface area contributed by atoms with Crippen LogP contribution in [0.4, 0.5) is 16.2 Å². The second-order valence-corrected chi connectivity index (χ2v) is 8.80. The molecule has 0 spiro atoms. The summed E-state index contributed by atoms with van der Waals surface area (Å²) in [7, 11) is 1.51. The number of carbonyl (C=O) groups is 3. The SMILES string of the molecule is COc1cc(CC(=O)N2CC[C@@H](Oc3ccc(C(=O)O)cc3)C2)ccc1NC(=O)Nc1ccccc1C. The third-order valence-corrected chi connectivity index (χ3v) is 6.16. The lowest BCUT2D eigenvalue weighted by molar-refractivity contribution is -0.129. The third kappa shape index (κ3) is 6.58. The Labute approximate surface area is 215 Å². The number of carboxylic acid groups (broad SMARTS) is 1. The lowest BCUT2D eigenvalue weighted by Gasteiger charge is -2.18. The van der Waals surface area contributed by atoms with Crippen molar-refractivity contribution < 1.29 is 29.0 Å². The average molecular weight is 504 g/mol. The number of hydrogen-bond donors (Lipinski definition) is 3. The summed E-state index contributed by atoms with van der Waals surface area (Å²) >= 11 is 0. The van der Waals surface area contributed by atoms with E-state index in [2.05, 4.69) is 10.6 Å². The van der Waals surface area contributed by atoms with Crippen molar-refractivity contribution in [1.82, 2.24) is 4.90 Å². The first kappa shape index (κ1) is 25.6. The van der Waals surface area contributed by atoms with Crippen molar-refractivity contribution in [2.45, 2.75) is 25.9 Å². The number of para-hydroxylation sites is 1. The molecule has 3 aromatic rings. The number of nitrogens with one attached hydrogen (secondary N) is 2. The number of likely N-dealkylation sites (tertiary alicyclic amines) is 1. The van der Waals surface area contributed by atoms with Gasteiger partial charge in [0.2, 0.25) is 5.91 Å². The second-order valence-electron chi connectivity index (χ2n) is 8.80. The van der Waals surface area contributed by atoms with Crippen LogP contribution in [0.2, 0.25) is 0 Å². The Hall–Kier alpha value is -4.53. The maximum Gasteiger partial charge on any atom is 0.335 e. The topological polar surface area (TPSA) is 117 Å². The van der Waals surface area contributed by atoms with Gasteiger partial charge in [0.1, 0.15) is 17.6 Å². The Balaban J connectivity index is 1.32. The highest BCUT2D eigenvalue weighted by Gasteiger charge is 2.28. The van der Waals surface area contributed by atoms with Crippen molar-refractivity contribution in [3.05, 3.63) is 83.4 Å². The number of carbonyl (C=O) groups excluding carboxylic acids is 2. The summed E-state index contributed by atoms with van der Waals surface area (Å²) in [4.78, 5) is 38.1. The van der Waals surface area contributed by atoms with Crippen LogP contribution in [0.15, 0.2) is 66.7 Å². The molecular weight excluding hydrogens is 474 g/mol. The molecule has 3 aromatic carbocycles. The summed E-state index contributed by atoms with van der Waals surface area (Å²) in [5.74, 6) is 0.00353. The first-order chi connectivity index (χ1) is 17.8. The number of aryl methyl sites for hydroxylation is 1. The van der Waals surface area contributed by atoms with E-state index in [9.17, 15) is 14.4 Å². The standard InChI is InChI=1S/C28H29N3O6/c1-18-5-3-4-6-23(18)29-28(35)30-24-12-7-19(15-25(24)36-2)16-26(32)31-14-13-22(17-31)37-21-10-8-20(9-11-21)27(33)34/h3-12,15,22H,13-14,16-17H2,1-2H3,(H,33,34)(H2,29,30,35)/t22-/m1/s1. The smallest absolute Gasteiger partial charge is 0.335 e.